The number of rotatable bonds is 4. The molecule has 22 heavy (non-hydrogen) atoms. The lowest BCUT2D eigenvalue weighted by Crippen LogP contribution is -2.21. The topological polar surface area (TPSA) is 75.6 Å². The van der Waals surface area contributed by atoms with Crippen molar-refractivity contribution >= 4 is 40.8 Å². The van der Waals surface area contributed by atoms with E-state index < -0.39 is 18.5 Å². The van der Waals surface area contributed by atoms with E-state index in [4.69, 9.17) is 27.9 Å². The van der Waals surface area contributed by atoms with Crippen LogP contribution in [0, 0.1) is 0 Å². The van der Waals surface area contributed by atoms with Crippen LogP contribution in [0.15, 0.2) is 42.5 Å². The number of nitrogens with one attached hydrogen (secondary N) is 1. The molecule has 0 aliphatic carbocycles. The number of phenolic OH excluding ortho intramolecular Hbond substituents is 1. The van der Waals surface area contributed by atoms with Gasteiger partial charge in [0.05, 0.1) is 10.7 Å². The van der Waals surface area contributed by atoms with Crippen LogP contribution >= 0.6 is 23.2 Å². The van der Waals surface area contributed by atoms with E-state index >= 15 is 0 Å². The van der Waals surface area contributed by atoms with Gasteiger partial charge in [-0.2, -0.15) is 0 Å². The fourth-order valence-electron chi connectivity index (χ4n) is 1.63. The van der Waals surface area contributed by atoms with Gasteiger partial charge in [-0.1, -0.05) is 35.3 Å². The molecule has 0 bridgehead atoms. The van der Waals surface area contributed by atoms with Gasteiger partial charge in [-0.05, 0) is 30.3 Å². The number of esters is 1. The van der Waals surface area contributed by atoms with Crippen LogP contribution in [-0.4, -0.2) is 23.6 Å². The highest BCUT2D eigenvalue weighted by Crippen LogP contribution is 2.25. The minimum atomic E-state index is -0.796. The van der Waals surface area contributed by atoms with Crippen LogP contribution in [0.3, 0.4) is 0 Å². The van der Waals surface area contributed by atoms with Crippen molar-refractivity contribution in [2.24, 2.45) is 0 Å². The van der Waals surface area contributed by atoms with Crippen LogP contribution in [0.2, 0.25) is 10.0 Å². The summed E-state index contributed by atoms with van der Waals surface area (Å²) in [6.45, 7) is -0.508. The Labute approximate surface area is 136 Å². The Morgan fingerprint density at radius 1 is 1.14 bits per heavy atom. The molecular weight excluding hydrogens is 329 g/mol. The predicted molar refractivity (Wildman–Crippen MR) is 83.5 cm³/mol. The normalized spacial score (nSPS) is 10.1. The number of carbonyl (C=O) groups excluding carboxylic acids is 2. The van der Waals surface area contributed by atoms with Gasteiger partial charge in [0, 0.05) is 5.02 Å². The minimum absolute atomic E-state index is 0.0141. The van der Waals surface area contributed by atoms with E-state index in [9.17, 15) is 14.7 Å². The van der Waals surface area contributed by atoms with Gasteiger partial charge in [-0.3, -0.25) is 4.79 Å². The summed E-state index contributed by atoms with van der Waals surface area (Å²) in [6, 6.07) is 10.5. The number of hydrogen-bond donors (Lipinski definition) is 2. The van der Waals surface area contributed by atoms with Gasteiger partial charge in [0.15, 0.2) is 6.61 Å². The SMILES string of the molecule is O=C(COC(=O)c1ccccc1O)Nc1ccc(Cl)cc1Cl. The molecule has 2 N–H and O–H groups in total. The number of aromatic hydroxyl groups is 1. The number of para-hydroxylation sites is 1. The number of carbonyl (C=O) groups is 2. The largest absolute Gasteiger partial charge is 0.507 e. The molecule has 2 rings (SSSR count). The smallest absolute Gasteiger partial charge is 0.342 e. The molecular formula is C15H11Cl2NO4. The first-order chi connectivity index (χ1) is 10.5. The highest BCUT2D eigenvalue weighted by Gasteiger charge is 2.14. The molecule has 0 aromatic heterocycles. The molecule has 7 heteroatoms. The summed E-state index contributed by atoms with van der Waals surface area (Å²) < 4.78 is 4.83. The molecule has 1 amide bonds. The zero-order chi connectivity index (χ0) is 16.1. The van der Waals surface area contributed by atoms with E-state index in [1.807, 2.05) is 0 Å². The van der Waals surface area contributed by atoms with E-state index in [0.717, 1.165) is 0 Å². The Kier molecular flexibility index (Phi) is 5.25. The second kappa shape index (κ2) is 7.15. The van der Waals surface area contributed by atoms with Crippen molar-refractivity contribution in [2.75, 3.05) is 11.9 Å². The number of hydrogen-bond acceptors (Lipinski definition) is 4. The van der Waals surface area contributed by atoms with Crippen LogP contribution in [0.1, 0.15) is 10.4 Å². The van der Waals surface area contributed by atoms with E-state index in [0.29, 0.717) is 10.7 Å². The molecule has 0 fully saturated rings. The molecule has 0 aliphatic heterocycles. The molecule has 0 aliphatic rings. The second-order valence-corrected chi connectivity index (χ2v) is 5.11. The highest BCUT2D eigenvalue weighted by atomic mass is 35.5. The van der Waals surface area contributed by atoms with Crippen molar-refractivity contribution in [2.45, 2.75) is 0 Å². The van der Waals surface area contributed by atoms with E-state index in [-0.39, 0.29) is 16.3 Å². The maximum atomic E-state index is 11.7. The molecule has 2 aromatic carbocycles. The second-order valence-electron chi connectivity index (χ2n) is 4.27. The molecule has 0 radical (unpaired) electrons. The number of ether oxygens (including phenoxy) is 1. The Morgan fingerprint density at radius 3 is 2.55 bits per heavy atom. The number of anilines is 1. The average molecular weight is 340 g/mol. The monoisotopic (exact) mass is 339 g/mol. The van der Waals surface area contributed by atoms with Crippen LogP contribution in [0.4, 0.5) is 5.69 Å². The summed E-state index contributed by atoms with van der Waals surface area (Å²) >= 11 is 11.7. The van der Waals surface area contributed by atoms with Crippen molar-refractivity contribution < 1.29 is 19.4 Å². The molecule has 0 saturated heterocycles. The first kappa shape index (κ1) is 16.1. The molecule has 0 atom stereocenters. The van der Waals surface area contributed by atoms with Gasteiger partial charge in [-0.25, -0.2) is 4.79 Å². The first-order valence-electron chi connectivity index (χ1n) is 6.17. The maximum absolute atomic E-state index is 11.7. The van der Waals surface area contributed by atoms with Gasteiger partial charge in [0.2, 0.25) is 0 Å². The quantitative estimate of drug-likeness (QED) is 0.836. The van der Waals surface area contributed by atoms with E-state index in [2.05, 4.69) is 5.32 Å². The fourth-order valence-corrected chi connectivity index (χ4v) is 2.09. The summed E-state index contributed by atoms with van der Waals surface area (Å²) in [6.07, 6.45) is 0. The first-order valence-corrected chi connectivity index (χ1v) is 6.93. The Hall–Kier alpha value is -2.24. The van der Waals surface area contributed by atoms with Gasteiger partial charge >= 0.3 is 5.97 Å². The highest BCUT2D eigenvalue weighted by molar-refractivity contribution is 6.36. The average Bonchev–Trinajstić information content (AvgIpc) is 2.48. The number of amides is 1. The maximum Gasteiger partial charge on any atom is 0.342 e. The van der Waals surface area contributed by atoms with Crippen LogP contribution in [0.25, 0.3) is 0 Å². The van der Waals surface area contributed by atoms with Gasteiger partial charge in [0.25, 0.3) is 5.91 Å². The standard InChI is InChI=1S/C15H11Cl2NO4/c16-9-5-6-12(11(17)7-9)18-14(20)8-22-15(21)10-3-1-2-4-13(10)19/h1-7,19H,8H2,(H,18,20). The van der Waals surface area contributed by atoms with Crippen molar-refractivity contribution in [1.29, 1.82) is 0 Å². The van der Waals surface area contributed by atoms with Crippen molar-refractivity contribution in [3.63, 3.8) is 0 Å². The Balaban J connectivity index is 1.93. The van der Waals surface area contributed by atoms with Crippen molar-refractivity contribution in [1.82, 2.24) is 0 Å². The summed E-state index contributed by atoms with van der Waals surface area (Å²) in [7, 11) is 0. The van der Waals surface area contributed by atoms with Gasteiger partial charge in [-0.15, -0.1) is 0 Å². The summed E-state index contributed by atoms with van der Waals surface area (Å²) in [5, 5.41) is 12.7. The summed E-state index contributed by atoms with van der Waals surface area (Å²) in [5.74, 6) is -1.57. The molecule has 5 nitrogen and oxygen atoms in total. The van der Waals surface area contributed by atoms with Crippen LogP contribution in [0.5, 0.6) is 5.75 Å². The summed E-state index contributed by atoms with van der Waals surface area (Å²) in [5.41, 5.74) is 0.342. The fraction of sp³-hybridized carbons (Fsp3) is 0.0667. The van der Waals surface area contributed by atoms with Gasteiger partial charge < -0.3 is 15.2 Å². The molecule has 0 saturated carbocycles. The summed E-state index contributed by atoms with van der Waals surface area (Å²) in [4.78, 5) is 23.5. The zero-order valence-electron chi connectivity index (χ0n) is 11.2. The Morgan fingerprint density at radius 2 is 1.86 bits per heavy atom. The number of halogens is 2. The molecule has 0 heterocycles. The number of benzene rings is 2. The zero-order valence-corrected chi connectivity index (χ0v) is 12.7. The van der Waals surface area contributed by atoms with Gasteiger partial charge in [0.1, 0.15) is 11.3 Å². The predicted octanol–water partition coefficient (Wildman–Crippen LogP) is 3.49. The van der Waals surface area contributed by atoms with Crippen LogP contribution < -0.4 is 5.32 Å². The van der Waals surface area contributed by atoms with Crippen LogP contribution in [-0.2, 0) is 9.53 Å². The van der Waals surface area contributed by atoms with E-state index in [1.54, 1.807) is 18.2 Å². The minimum Gasteiger partial charge on any atom is -0.507 e. The lowest BCUT2D eigenvalue weighted by molar-refractivity contribution is -0.119. The lowest BCUT2D eigenvalue weighted by Gasteiger charge is -2.08. The molecule has 0 spiro atoms. The van der Waals surface area contributed by atoms with Crippen molar-refractivity contribution in [3.8, 4) is 5.75 Å². The molecule has 0 unspecified atom stereocenters. The lowest BCUT2D eigenvalue weighted by atomic mass is 10.2. The third-order valence-corrected chi connectivity index (χ3v) is 3.21. The van der Waals surface area contributed by atoms with E-state index in [1.165, 1.54) is 24.3 Å². The third-order valence-electron chi connectivity index (χ3n) is 2.66. The third kappa shape index (κ3) is 4.13. The molecule has 114 valence electrons. The molecule has 2 aromatic rings. The Bertz CT molecular complexity index is 718. The van der Waals surface area contributed by atoms with Crippen molar-refractivity contribution in [3.05, 3.63) is 58.1 Å². The number of phenols is 1.